The zero-order valence-electron chi connectivity index (χ0n) is 11.0. The van der Waals surface area contributed by atoms with Crippen LogP contribution >= 0.6 is 0 Å². The maximum atomic E-state index is 11.5. The summed E-state index contributed by atoms with van der Waals surface area (Å²) in [5.74, 6) is -0.0232. The number of amides is 1. The van der Waals surface area contributed by atoms with Gasteiger partial charge in [-0.3, -0.25) is 4.79 Å². The van der Waals surface area contributed by atoms with Gasteiger partial charge in [0.2, 0.25) is 5.91 Å². The van der Waals surface area contributed by atoms with E-state index in [9.17, 15) is 4.79 Å². The Kier molecular flexibility index (Phi) is 3.99. The van der Waals surface area contributed by atoms with Gasteiger partial charge in [-0.15, -0.1) is 0 Å². The van der Waals surface area contributed by atoms with E-state index >= 15 is 0 Å². The van der Waals surface area contributed by atoms with Gasteiger partial charge in [-0.05, 0) is 25.2 Å². The van der Waals surface area contributed by atoms with Gasteiger partial charge in [0.05, 0.1) is 5.92 Å². The van der Waals surface area contributed by atoms with Crippen LogP contribution < -0.4 is 11.1 Å². The van der Waals surface area contributed by atoms with Crippen LogP contribution in [0.4, 0.5) is 0 Å². The third kappa shape index (κ3) is 2.71. The highest BCUT2D eigenvalue weighted by molar-refractivity contribution is 5.78. The quantitative estimate of drug-likeness (QED) is 0.816. The third-order valence-corrected chi connectivity index (χ3v) is 3.66. The second-order valence-corrected chi connectivity index (χ2v) is 5.11. The van der Waals surface area contributed by atoms with Gasteiger partial charge in [0, 0.05) is 25.6 Å². The van der Waals surface area contributed by atoms with Crippen LogP contribution in [0.15, 0.2) is 24.3 Å². The lowest BCUT2D eigenvalue weighted by Crippen LogP contribution is -2.28. The molecule has 0 aliphatic carbocycles. The van der Waals surface area contributed by atoms with Crippen LogP contribution in [-0.4, -0.2) is 38.0 Å². The number of hydrogen-bond donors (Lipinski definition) is 2. The zero-order chi connectivity index (χ0) is 13.1. The second-order valence-electron chi connectivity index (χ2n) is 5.11. The van der Waals surface area contributed by atoms with Crippen molar-refractivity contribution in [3.05, 3.63) is 35.4 Å². The van der Waals surface area contributed by atoms with Gasteiger partial charge in [-0.1, -0.05) is 24.3 Å². The Balaban J connectivity index is 2.16. The Bertz CT molecular complexity index is 416. The van der Waals surface area contributed by atoms with Crippen LogP contribution in [0.25, 0.3) is 0 Å². The van der Waals surface area contributed by atoms with Gasteiger partial charge < -0.3 is 16.0 Å². The molecule has 3 N–H and O–H groups in total. The van der Waals surface area contributed by atoms with E-state index in [1.807, 2.05) is 14.1 Å². The molecular formula is C14H21N3O. The Hall–Kier alpha value is -1.39. The lowest BCUT2D eigenvalue weighted by Gasteiger charge is -2.16. The standard InChI is InChI=1S/C14H21N3O/c1-16-7-10-3-5-11(6-4-10)12-8-17(2)9-13(12)14(15)18/h3-6,12-13,16H,7-9H2,1-2H3,(H2,15,18)/t12-,13+/m0/s1. The van der Waals surface area contributed by atoms with Crippen molar-refractivity contribution in [2.45, 2.75) is 12.5 Å². The number of nitrogens with zero attached hydrogens (tertiary/aromatic N) is 1. The summed E-state index contributed by atoms with van der Waals surface area (Å²) in [7, 11) is 3.97. The van der Waals surface area contributed by atoms with Crippen LogP contribution in [0.1, 0.15) is 17.0 Å². The van der Waals surface area contributed by atoms with Gasteiger partial charge in [0.15, 0.2) is 0 Å². The maximum Gasteiger partial charge on any atom is 0.222 e. The molecule has 1 amide bonds. The molecule has 0 spiro atoms. The molecule has 2 atom stereocenters. The fraction of sp³-hybridized carbons (Fsp3) is 0.500. The molecule has 98 valence electrons. The van der Waals surface area contributed by atoms with Crippen molar-refractivity contribution in [1.82, 2.24) is 10.2 Å². The molecule has 0 radical (unpaired) electrons. The summed E-state index contributed by atoms with van der Waals surface area (Å²) in [4.78, 5) is 13.7. The molecule has 1 aliphatic rings. The summed E-state index contributed by atoms with van der Waals surface area (Å²) in [5.41, 5.74) is 7.95. The molecule has 0 unspecified atom stereocenters. The molecule has 1 aromatic rings. The number of likely N-dealkylation sites (N-methyl/N-ethyl adjacent to an activating group) is 1. The number of benzene rings is 1. The van der Waals surface area contributed by atoms with Crippen molar-refractivity contribution in [3.63, 3.8) is 0 Å². The Morgan fingerprint density at radius 2 is 2.06 bits per heavy atom. The highest BCUT2D eigenvalue weighted by Gasteiger charge is 2.35. The van der Waals surface area contributed by atoms with E-state index in [1.165, 1.54) is 11.1 Å². The highest BCUT2D eigenvalue weighted by Crippen LogP contribution is 2.31. The van der Waals surface area contributed by atoms with E-state index in [0.29, 0.717) is 0 Å². The second kappa shape index (κ2) is 5.50. The minimum Gasteiger partial charge on any atom is -0.369 e. The van der Waals surface area contributed by atoms with Crippen LogP contribution in [0.2, 0.25) is 0 Å². The summed E-state index contributed by atoms with van der Waals surface area (Å²) in [5, 5.41) is 3.12. The monoisotopic (exact) mass is 247 g/mol. The van der Waals surface area contributed by atoms with Crippen molar-refractivity contribution >= 4 is 5.91 Å². The van der Waals surface area contributed by atoms with E-state index in [2.05, 4.69) is 34.5 Å². The topological polar surface area (TPSA) is 58.4 Å². The summed E-state index contributed by atoms with van der Waals surface area (Å²) in [6.07, 6.45) is 0. The lowest BCUT2D eigenvalue weighted by atomic mass is 9.88. The average molecular weight is 247 g/mol. The largest absolute Gasteiger partial charge is 0.369 e. The van der Waals surface area contributed by atoms with E-state index in [0.717, 1.165) is 19.6 Å². The van der Waals surface area contributed by atoms with Gasteiger partial charge >= 0.3 is 0 Å². The molecule has 0 bridgehead atoms. The Morgan fingerprint density at radius 3 is 2.61 bits per heavy atom. The summed E-state index contributed by atoms with van der Waals surface area (Å²) in [6, 6.07) is 8.46. The first-order chi connectivity index (χ1) is 8.61. The Labute approximate surface area is 108 Å². The first kappa shape index (κ1) is 13.1. The van der Waals surface area contributed by atoms with Crippen molar-refractivity contribution in [3.8, 4) is 0 Å². The normalized spacial score (nSPS) is 24.3. The molecule has 1 fully saturated rings. The molecule has 2 rings (SSSR count). The van der Waals surface area contributed by atoms with Gasteiger partial charge in [-0.25, -0.2) is 0 Å². The first-order valence-electron chi connectivity index (χ1n) is 6.33. The third-order valence-electron chi connectivity index (χ3n) is 3.66. The number of carbonyl (C=O) groups excluding carboxylic acids is 1. The lowest BCUT2D eigenvalue weighted by molar-refractivity contribution is -0.121. The average Bonchev–Trinajstić information content (AvgIpc) is 2.73. The predicted octanol–water partition coefficient (Wildman–Crippen LogP) is 0.537. The number of hydrogen-bond acceptors (Lipinski definition) is 3. The molecule has 1 saturated heterocycles. The molecule has 4 heteroatoms. The SMILES string of the molecule is CNCc1ccc([C@@H]2CN(C)C[C@H]2C(N)=O)cc1. The van der Waals surface area contributed by atoms with Crippen LogP contribution in [0.5, 0.6) is 0 Å². The van der Waals surface area contributed by atoms with Gasteiger partial charge in [0.25, 0.3) is 0 Å². The van der Waals surface area contributed by atoms with E-state index < -0.39 is 0 Å². The molecule has 0 saturated carbocycles. The van der Waals surface area contributed by atoms with Crippen LogP contribution in [0.3, 0.4) is 0 Å². The minimum atomic E-state index is -0.191. The van der Waals surface area contributed by atoms with Crippen molar-refractivity contribution in [2.24, 2.45) is 11.7 Å². The molecule has 18 heavy (non-hydrogen) atoms. The number of nitrogens with two attached hydrogens (primary N) is 1. The highest BCUT2D eigenvalue weighted by atomic mass is 16.1. The fourth-order valence-electron chi connectivity index (χ4n) is 2.71. The van der Waals surface area contributed by atoms with E-state index in [4.69, 9.17) is 5.73 Å². The summed E-state index contributed by atoms with van der Waals surface area (Å²) < 4.78 is 0. The smallest absolute Gasteiger partial charge is 0.222 e. The van der Waals surface area contributed by atoms with Crippen LogP contribution in [-0.2, 0) is 11.3 Å². The maximum absolute atomic E-state index is 11.5. The minimum absolute atomic E-state index is 0.0647. The van der Waals surface area contributed by atoms with Crippen molar-refractivity contribution < 1.29 is 4.79 Å². The molecule has 4 nitrogen and oxygen atoms in total. The van der Waals surface area contributed by atoms with Crippen LogP contribution in [0, 0.1) is 5.92 Å². The number of nitrogens with one attached hydrogen (secondary N) is 1. The molecule has 1 aliphatic heterocycles. The van der Waals surface area contributed by atoms with Gasteiger partial charge in [-0.2, -0.15) is 0 Å². The number of primary amides is 1. The molecule has 1 heterocycles. The zero-order valence-corrected chi connectivity index (χ0v) is 11.0. The van der Waals surface area contributed by atoms with E-state index in [1.54, 1.807) is 0 Å². The van der Waals surface area contributed by atoms with Crippen molar-refractivity contribution in [2.75, 3.05) is 27.2 Å². The van der Waals surface area contributed by atoms with E-state index in [-0.39, 0.29) is 17.7 Å². The molecule has 0 aromatic heterocycles. The summed E-state index contributed by atoms with van der Waals surface area (Å²) in [6.45, 7) is 2.53. The number of likely N-dealkylation sites (tertiary alicyclic amines) is 1. The fourth-order valence-corrected chi connectivity index (χ4v) is 2.71. The Morgan fingerprint density at radius 1 is 1.39 bits per heavy atom. The summed E-state index contributed by atoms with van der Waals surface area (Å²) >= 11 is 0. The predicted molar refractivity (Wildman–Crippen MR) is 72.1 cm³/mol. The first-order valence-corrected chi connectivity index (χ1v) is 6.33. The molecular weight excluding hydrogens is 226 g/mol. The number of carbonyl (C=O) groups is 1. The van der Waals surface area contributed by atoms with Gasteiger partial charge in [0.1, 0.15) is 0 Å². The molecule has 1 aromatic carbocycles. The number of rotatable bonds is 4. The van der Waals surface area contributed by atoms with Crippen molar-refractivity contribution in [1.29, 1.82) is 0 Å².